The van der Waals surface area contributed by atoms with Gasteiger partial charge >= 0.3 is 0 Å². The van der Waals surface area contributed by atoms with E-state index in [4.69, 9.17) is 4.74 Å². The van der Waals surface area contributed by atoms with Crippen molar-refractivity contribution in [1.29, 1.82) is 0 Å². The molecule has 2 heterocycles. The van der Waals surface area contributed by atoms with Gasteiger partial charge in [-0.15, -0.1) is 0 Å². The van der Waals surface area contributed by atoms with Crippen LogP contribution in [0.4, 0.5) is 0 Å². The van der Waals surface area contributed by atoms with Gasteiger partial charge in [0.1, 0.15) is 0 Å². The van der Waals surface area contributed by atoms with Crippen LogP contribution in [-0.2, 0) is 4.74 Å². The molecule has 0 aromatic carbocycles. The summed E-state index contributed by atoms with van der Waals surface area (Å²) in [5, 5.41) is 0. The van der Waals surface area contributed by atoms with E-state index in [0.717, 1.165) is 12.3 Å². The van der Waals surface area contributed by atoms with Gasteiger partial charge in [-0.3, -0.25) is 9.88 Å². The van der Waals surface area contributed by atoms with Crippen molar-refractivity contribution in [3.63, 3.8) is 0 Å². The maximum atomic E-state index is 5.79. The van der Waals surface area contributed by atoms with Gasteiger partial charge in [0, 0.05) is 12.2 Å². The molecule has 1 aliphatic rings. The molecule has 1 saturated heterocycles. The van der Waals surface area contributed by atoms with Crippen LogP contribution in [0.25, 0.3) is 0 Å². The van der Waals surface area contributed by atoms with Crippen LogP contribution in [0.5, 0.6) is 0 Å². The Morgan fingerprint density at radius 2 is 2.27 bits per heavy atom. The van der Waals surface area contributed by atoms with Crippen molar-refractivity contribution in [1.82, 2.24) is 9.88 Å². The van der Waals surface area contributed by atoms with Crippen LogP contribution in [-0.4, -0.2) is 29.6 Å². The molecule has 0 unspecified atom stereocenters. The van der Waals surface area contributed by atoms with Crippen LogP contribution in [0.15, 0.2) is 24.4 Å². The smallest absolute Gasteiger partial charge is 0.153 e. The first-order valence-electron chi connectivity index (χ1n) is 5.44. The molecular weight excluding hydrogens is 188 g/mol. The maximum absolute atomic E-state index is 5.79. The highest BCUT2D eigenvalue weighted by Crippen LogP contribution is 2.30. The molecule has 1 aliphatic heterocycles. The van der Waals surface area contributed by atoms with E-state index in [9.17, 15) is 0 Å². The largest absolute Gasteiger partial charge is 0.356 e. The topological polar surface area (TPSA) is 25.4 Å². The maximum Gasteiger partial charge on any atom is 0.153 e. The third kappa shape index (κ3) is 2.03. The van der Waals surface area contributed by atoms with Crippen LogP contribution in [0, 0.1) is 5.92 Å². The van der Waals surface area contributed by atoms with Crippen LogP contribution < -0.4 is 0 Å². The summed E-state index contributed by atoms with van der Waals surface area (Å²) in [6.45, 7) is 5.26. The first-order valence-corrected chi connectivity index (χ1v) is 5.44. The van der Waals surface area contributed by atoms with E-state index < -0.39 is 0 Å². The van der Waals surface area contributed by atoms with E-state index in [1.807, 2.05) is 24.4 Å². The van der Waals surface area contributed by atoms with E-state index in [0.29, 0.717) is 12.0 Å². The average molecular weight is 206 g/mol. The molecule has 3 nitrogen and oxygen atoms in total. The monoisotopic (exact) mass is 206 g/mol. The first kappa shape index (κ1) is 10.6. The third-order valence-electron chi connectivity index (χ3n) is 3.03. The van der Waals surface area contributed by atoms with Crippen molar-refractivity contribution in [3.05, 3.63) is 30.1 Å². The van der Waals surface area contributed by atoms with Crippen molar-refractivity contribution >= 4 is 0 Å². The normalized spacial score (nSPS) is 27.5. The van der Waals surface area contributed by atoms with Crippen LogP contribution in [0.2, 0.25) is 0 Å². The highest BCUT2D eigenvalue weighted by molar-refractivity contribution is 5.08. The molecule has 0 N–H and O–H groups in total. The van der Waals surface area contributed by atoms with Crippen molar-refractivity contribution in [2.24, 2.45) is 5.92 Å². The van der Waals surface area contributed by atoms with Gasteiger partial charge < -0.3 is 4.74 Å². The zero-order valence-corrected chi connectivity index (χ0v) is 9.55. The second-order valence-electron chi connectivity index (χ2n) is 4.42. The number of hydrogen-bond acceptors (Lipinski definition) is 3. The van der Waals surface area contributed by atoms with E-state index in [1.54, 1.807) is 0 Å². The number of hydrogen-bond donors (Lipinski definition) is 0. The van der Waals surface area contributed by atoms with Crippen LogP contribution in [0.3, 0.4) is 0 Å². The molecule has 82 valence electrons. The summed E-state index contributed by atoms with van der Waals surface area (Å²) in [6.07, 6.45) is 1.84. The predicted molar refractivity (Wildman–Crippen MR) is 59.3 cm³/mol. The minimum Gasteiger partial charge on any atom is -0.356 e. The highest BCUT2D eigenvalue weighted by Gasteiger charge is 2.34. The fraction of sp³-hybridized carbons (Fsp3) is 0.583. The highest BCUT2D eigenvalue weighted by atomic mass is 16.5. The Morgan fingerprint density at radius 3 is 2.80 bits per heavy atom. The number of likely N-dealkylation sites (N-methyl/N-ethyl adjacent to an activating group) is 1. The first-order chi connectivity index (χ1) is 7.20. The van der Waals surface area contributed by atoms with Crippen LogP contribution in [0.1, 0.15) is 25.8 Å². The summed E-state index contributed by atoms with van der Waals surface area (Å²) in [6, 6.07) is 6.45. The van der Waals surface area contributed by atoms with Gasteiger partial charge in [-0.05, 0) is 25.1 Å². The van der Waals surface area contributed by atoms with Crippen LogP contribution >= 0.6 is 0 Å². The Balaban J connectivity index is 2.14. The van der Waals surface area contributed by atoms with Gasteiger partial charge in [0.2, 0.25) is 0 Å². The second-order valence-corrected chi connectivity index (χ2v) is 4.42. The molecular formula is C12H18N2O. The number of rotatable bonds is 2. The van der Waals surface area contributed by atoms with E-state index >= 15 is 0 Å². The quantitative estimate of drug-likeness (QED) is 0.740. The molecule has 1 aromatic rings. The molecule has 1 fully saturated rings. The summed E-state index contributed by atoms with van der Waals surface area (Å²) in [5.41, 5.74) is 1.00. The lowest BCUT2D eigenvalue weighted by Gasteiger charge is -2.25. The Hall–Kier alpha value is -0.930. The van der Waals surface area contributed by atoms with Gasteiger partial charge in [0.25, 0.3) is 0 Å². The lowest BCUT2D eigenvalue weighted by atomic mass is 10.1. The predicted octanol–water partition coefficient (Wildman–Crippen LogP) is 2.07. The molecule has 0 saturated carbocycles. The number of pyridine rings is 1. The Morgan fingerprint density at radius 1 is 1.47 bits per heavy atom. The Bertz CT molecular complexity index is 313. The van der Waals surface area contributed by atoms with E-state index in [-0.39, 0.29) is 6.23 Å². The van der Waals surface area contributed by atoms with Gasteiger partial charge in [0.15, 0.2) is 6.23 Å². The summed E-state index contributed by atoms with van der Waals surface area (Å²) in [7, 11) is 2.11. The zero-order chi connectivity index (χ0) is 10.8. The molecule has 0 bridgehead atoms. The van der Waals surface area contributed by atoms with Gasteiger partial charge in [-0.25, -0.2) is 0 Å². The Labute approximate surface area is 91.1 Å². The fourth-order valence-corrected chi connectivity index (χ4v) is 2.08. The van der Waals surface area contributed by atoms with Crippen molar-refractivity contribution in [2.75, 3.05) is 13.7 Å². The summed E-state index contributed by atoms with van der Waals surface area (Å²) >= 11 is 0. The summed E-state index contributed by atoms with van der Waals surface area (Å²) < 4.78 is 5.79. The minimum atomic E-state index is 0.0265. The molecule has 2 rings (SSSR count). The third-order valence-corrected chi connectivity index (χ3v) is 3.03. The number of nitrogens with zero attached hydrogens (tertiary/aromatic N) is 2. The fourth-order valence-electron chi connectivity index (χ4n) is 2.08. The average Bonchev–Trinajstić information content (AvgIpc) is 2.61. The lowest BCUT2D eigenvalue weighted by Crippen LogP contribution is -2.33. The molecule has 0 radical (unpaired) electrons. The standard InChI is InChI=1S/C12H18N2O/c1-9(2)11-8-15-12(14(11)3)10-6-4-5-7-13-10/h4-7,9,11-12H,8H2,1-3H3/t11-,12+/m1/s1. The van der Waals surface area contributed by atoms with Crippen molar-refractivity contribution < 1.29 is 4.74 Å². The number of ether oxygens (including phenoxy) is 1. The van der Waals surface area contributed by atoms with Crippen molar-refractivity contribution in [2.45, 2.75) is 26.1 Å². The van der Waals surface area contributed by atoms with E-state index in [1.165, 1.54) is 0 Å². The van der Waals surface area contributed by atoms with Crippen molar-refractivity contribution in [3.8, 4) is 0 Å². The molecule has 0 spiro atoms. The zero-order valence-electron chi connectivity index (χ0n) is 9.55. The minimum absolute atomic E-state index is 0.0265. The van der Waals surface area contributed by atoms with E-state index in [2.05, 4.69) is 30.8 Å². The SMILES string of the molecule is CC(C)[C@H]1CO[C@@H](c2ccccn2)N1C. The molecule has 0 aliphatic carbocycles. The van der Waals surface area contributed by atoms with Gasteiger partial charge in [0.05, 0.1) is 12.3 Å². The molecule has 1 aromatic heterocycles. The molecule has 2 atom stereocenters. The molecule has 0 amide bonds. The Kier molecular flexibility index (Phi) is 3.03. The van der Waals surface area contributed by atoms with Gasteiger partial charge in [-0.2, -0.15) is 0 Å². The second kappa shape index (κ2) is 4.29. The molecule has 3 heteroatoms. The summed E-state index contributed by atoms with van der Waals surface area (Å²) in [5.74, 6) is 0.615. The van der Waals surface area contributed by atoms with Gasteiger partial charge in [-0.1, -0.05) is 19.9 Å². The summed E-state index contributed by atoms with van der Waals surface area (Å²) in [4.78, 5) is 6.61. The number of aromatic nitrogens is 1. The molecule has 15 heavy (non-hydrogen) atoms. The lowest BCUT2D eigenvalue weighted by molar-refractivity contribution is 0.0385.